The molecule has 1 aromatic rings. The van der Waals surface area contributed by atoms with Gasteiger partial charge in [-0.1, -0.05) is 19.1 Å². The molecule has 1 aliphatic carbocycles. The number of aromatic nitrogens is 1. The Morgan fingerprint density at radius 2 is 1.97 bits per heavy atom. The van der Waals surface area contributed by atoms with Crippen LogP contribution >= 0.6 is 12.2 Å². The number of nitrogens with zero attached hydrogens (tertiary/aromatic N) is 3. The summed E-state index contributed by atoms with van der Waals surface area (Å²) in [7, 11) is 0. The highest BCUT2D eigenvalue weighted by Gasteiger charge is 2.39. The van der Waals surface area contributed by atoms with Crippen molar-refractivity contribution in [1.29, 1.82) is 0 Å². The molecule has 1 unspecified atom stereocenters. The van der Waals surface area contributed by atoms with Gasteiger partial charge >= 0.3 is 6.18 Å². The minimum absolute atomic E-state index is 0.107. The smallest absolute Gasteiger partial charge is 0.393 e. The van der Waals surface area contributed by atoms with E-state index >= 15 is 0 Å². The van der Waals surface area contributed by atoms with Gasteiger partial charge in [-0.15, -0.1) is 0 Å². The van der Waals surface area contributed by atoms with Gasteiger partial charge < -0.3 is 20.6 Å². The summed E-state index contributed by atoms with van der Waals surface area (Å²) >= 11 is 5.46. The Bertz CT molecular complexity index is 1110. The van der Waals surface area contributed by atoms with Gasteiger partial charge in [0, 0.05) is 36.0 Å². The van der Waals surface area contributed by atoms with Crippen LogP contribution in [-0.2, 0) is 9.59 Å². The Morgan fingerprint density at radius 1 is 1.31 bits per heavy atom. The lowest BCUT2D eigenvalue weighted by Gasteiger charge is -2.32. The van der Waals surface area contributed by atoms with Gasteiger partial charge in [0.05, 0.1) is 16.7 Å². The molecule has 1 aliphatic heterocycles. The molecule has 2 heterocycles. The summed E-state index contributed by atoms with van der Waals surface area (Å²) in [5.41, 5.74) is -1.12. The van der Waals surface area contributed by atoms with E-state index in [-0.39, 0.29) is 34.6 Å². The summed E-state index contributed by atoms with van der Waals surface area (Å²) in [5.74, 6) is -1.58. The van der Waals surface area contributed by atoms with Crippen molar-refractivity contribution >= 4 is 40.4 Å². The molecule has 216 valence electrons. The number of aliphatic imine (C=N–C) groups is 1. The van der Waals surface area contributed by atoms with Crippen LogP contribution in [0.2, 0.25) is 0 Å². The highest BCUT2D eigenvalue weighted by Crippen LogP contribution is 2.30. The van der Waals surface area contributed by atoms with E-state index in [0.717, 1.165) is 25.1 Å². The predicted octanol–water partition coefficient (Wildman–Crippen LogP) is 3.97. The first-order valence-corrected chi connectivity index (χ1v) is 13.1. The number of aliphatic hydroxyl groups is 1. The van der Waals surface area contributed by atoms with E-state index in [1.807, 2.05) is 6.92 Å². The highest BCUT2D eigenvalue weighted by molar-refractivity contribution is 7.81. The van der Waals surface area contributed by atoms with Crippen molar-refractivity contribution < 1.29 is 36.6 Å². The summed E-state index contributed by atoms with van der Waals surface area (Å²) in [5, 5.41) is 14.3. The standard InChI is InChI=1S/C25H32F5N5O3S/c1-4-18(25(28,29)30)34-19-10-16(22(26)27)17(11-31-19)21(39)20(24(38)35-7-5-6-12(35)2)32-13(3)23(37)33-14-8-15(36)9-14/h10-12,14-15,18,20,22,36H,4-9H2,1-3H3,(H,31,34)(H,33,37)/t12-,14?,15?,18-,20?/m0/s1. The molecule has 2 fully saturated rings. The first-order valence-electron chi connectivity index (χ1n) is 12.7. The van der Waals surface area contributed by atoms with Crippen LogP contribution in [0.25, 0.3) is 0 Å². The second kappa shape index (κ2) is 12.6. The fourth-order valence-corrected chi connectivity index (χ4v) is 4.89. The minimum atomic E-state index is -4.62. The third-order valence-corrected chi connectivity index (χ3v) is 7.42. The molecular formula is C25H32F5N5O3S. The first-order chi connectivity index (χ1) is 18.2. The molecular weight excluding hydrogens is 545 g/mol. The fourth-order valence-electron chi connectivity index (χ4n) is 4.57. The lowest BCUT2D eigenvalue weighted by Crippen LogP contribution is -2.49. The molecule has 1 saturated heterocycles. The summed E-state index contributed by atoms with van der Waals surface area (Å²) in [6, 6.07) is -3.13. The Kier molecular flexibility index (Phi) is 9.97. The number of nitrogens with one attached hydrogen (secondary N) is 2. The number of halogens is 5. The quantitative estimate of drug-likeness (QED) is 0.168. The maximum absolute atomic E-state index is 14.1. The molecule has 1 saturated carbocycles. The van der Waals surface area contributed by atoms with Gasteiger partial charge in [-0.25, -0.2) is 13.8 Å². The maximum atomic E-state index is 14.1. The van der Waals surface area contributed by atoms with Gasteiger partial charge in [0.25, 0.3) is 18.2 Å². The monoisotopic (exact) mass is 577 g/mol. The molecule has 3 atom stereocenters. The van der Waals surface area contributed by atoms with E-state index in [4.69, 9.17) is 12.2 Å². The molecule has 0 bridgehead atoms. The topological polar surface area (TPSA) is 107 Å². The number of carbonyl (C=O) groups excluding carboxylic acids is 2. The molecule has 0 radical (unpaired) electrons. The molecule has 0 spiro atoms. The zero-order chi connectivity index (χ0) is 29.1. The van der Waals surface area contributed by atoms with Crippen molar-refractivity contribution in [2.75, 3.05) is 11.9 Å². The summed E-state index contributed by atoms with van der Waals surface area (Å²) in [6.45, 7) is 4.88. The Balaban J connectivity index is 1.95. The number of hydrogen-bond acceptors (Lipinski definition) is 7. The molecule has 2 aliphatic rings. The largest absolute Gasteiger partial charge is 0.408 e. The second-order valence-corrected chi connectivity index (χ2v) is 10.3. The van der Waals surface area contributed by atoms with E-state index in [9.17, 15) is 36.6 Å². The lowest BCUT2D eigenvalue weighted by molar-refractivity contribution is -0.143. The van der Waals surface area contributed by atoms with Crippen LogP contribution < -0.4 is 10.6 Å². The van der Waals surface area contributed by atoms with Gasteiger partial charge in [-0.3, -0.25) is 14.6 Å². The van der Waals surface area contributed by atoms with Crippen molar-refractivity contribution in [2.24, 2.45) is 4.99 Å². The normalized spacial score (nSPS) is 23.3. The lowest BCUT2D eigenvalue weighted by atomic mass is 9.89. The predicted molar refractivity (Wildman–Crippen MR) is 139 cm³/mol. The second-order valence-electron chi connectivity index (χ2n) is 9.90. The van der Waals surface area contributed by atoms with Gasteiger partial charge in [-0.2, -0.15) is 13.2 Å². The fraction of sp³-hybridized carbons (Fsp3) is 0.640. The van der Waals surface area contributed by atoms with Gasteiger partial charge in [0.1, 0.15) is 11.9 Å². The van der Waals surface area contributed by atoms with Crippen LogP contribution in [0, 0.1) is 0 Å². The molecule has 3 rings (SSSR count). The van der Waals surface area contributed by atoms with Crippen molar-refractivity contribution in [2.45, 2.75) is 95.7 Å². The Morgan fingerprint density at radius 3 is 2.49 bits per heavy atom. The van der Waals surface area contributed by atoms with Crippen LogP contribution in [0.3, 0.4) is 0 Å². The molecule has 8 nitrogen and oxygen atoms in total. The van der Waals surface area contributed by atoms with Crippen LogP contribution in [-0.4, -0.2) is 80.4 Å². The number of anilines is 1. The Hall–Kier alpha value is -2.74. The van der Waals surface area contributed by atoms with E-state index in [0.29, 0.717) is 19.4 Å². The van der Waals surface area contributed by atoms with Crippen LogP contribution in [0.4, 0.5) is 27.8 Å². The Labute approximate surface area is 228 Å². The number of hydrogen-bond donors (Lipinski definition) is 3. The van der Waals surface area contributed by atoms with Gasteiger partial charge in [-0.05, 0) is 52.0 Å². The number of amides is 2. The van der Waals surface area contributed by atoms with Gasteiger partial charge in [0.15, 0.2) is 6.04 Å². The summed E-state index contributed by atoms with van der Waals surface area (Å²) in [4.78, 5) is 35.5. The number of likely N-dealkylation sites (tertiary alicyclic amines) is 1. The summed E-state index contributed by atoms with van der Waals surface area (Å²) in [6.07, 6.45) is -5.52. The molecule has 1 aromatic heterocycles. The average Bonchev–Trinajstić information content (AvgIpc) is 3.28. The molecule has 0 aromatic carbocycles. The zero-order valence-electron chi connectivity index (χ0n) is 21.8. The average molecular weight is 578 g/mol. The number of aliphatic hydroxyl groups excluding tert-OH is 1. The number of pyridine rings is 1. The first kappa shape index (κ1) is 30.8. The number of rotatable bonds is 10. The highest BCUT2D eigenvalue weighted by atomic mass is 32.1. The van der Waals surface area contributed by atoms with E-state index in [2.05, 4.69) is 20.6 Å². The maximum Gasteiger partial charge on any atom is 0.408 e. The third-order valence-electron chi connectivity index (χ3n) is 6.98. The van der Waals surface area contributed by atoms with E-state index < -0.39 is 54.0 Å². The molecule has 14 heteroatoms. The van der Waals surface area contributed by atoms with E-state index in [1.54, 1.807) is 0 Å². The molecule has 39 heavy (non-hydrogen) atoms. The van der Waals surface area contributed by atoms with Crippen LogP contribution in [0.1, 0.15) is 70.4 Å². The van der Waals surface area contributed by atoms with Crippen LogP contribution in [0.5, 0.6) is 0 Å². The van der Waals surface area contributed by atoms with Crippen molar-refractivity contribution in [3.8, 4) is 0 Å². The van der Waals surface area contributed by atoms with E-state index in [1.165, 1.54) is 18.7 Å². The SMILES string of the molecule is CC[C@H](Nc1cc(C(F)F)c(C(=S)C(N=C(C)C(=O)NC2CC(O)C2)C(=O)N2CCC[C@@H]2C)cn1)C(F)(F)F. The third kappa shape index (κ3) is 7.47. The van der Waals surface area contributed by atoms with Crippen molar-refractivity contribution in [1.82, 2.24) is 15.2 Å². The number of alkyl halides is 5. The van der Waals surface area contributed by atoms with Gasteiger partial charge in [0.2, 0.25) is 0 Å². The minimum Gasteiger partial charge on any atom is -0.393 e. The van der Waals surface area contributed by atoms with Crippen molar-refractivity contribution in [3.05, 3.63) is 23.4 Å². The number of thiocarbonyl (C=S) groups is 1. The molecule has 3 N–H and O–H groups in total. The zero-order valence-corrected chi connectivity index (χ0v) is 22.6. The van der Waals surface area contributed by atoms with Crippen molar-refractivity contribution in [3.63, 3.8) is 0 Å². The summed E-state index contributed by atoms with van der Waals surface area (Å²) < 4.78 is 67.8. The number of carbonyl (C=O) groups is 2. The molecule has 2 amide bonds. The van der Waals surface area contributed by atoms with Crippen LogP contribution in [0.15, 0.2) is 17.3 Å².